The number of rotatable bonds is 5. The molecule has 0 saturated carbocycles. The van der Waals surface area contributed by atoms with Crippen molar-refractivity contribution in [1.82, 2.24) is 0 Å². The molecule has 1 aromatic carbocycles. The summed E-state index contributed by atoms with van der Waals surface area (Å²) >= 11 is 0. The molecule has 100 valence electrons. The van der Waals surface area contributed by atoms with Gasteiger partial charge in [-0.05, 0) is 49.9 Å². The normalized spacial score (nSPS) is 11.1. The SMILES string of the molecule is CCC(=O)c1cc(C(C)C)c(OC(C)C)cc1C. The summed E-state index contributed by atoms with van der Waals surface area (Å²) < 4.78 is 5.84. The van der Waals surface area contributed by atoms with E-state index in [1.807, 2.05) is 39.8 Å². The highest BCUT2D eigenvalue weighted by Crippen LogP contribution is 2.31. The van der Waals surface area contributed by atoms with Crippen LogP contribution in [0.3, 0.4) is 0 Å². The van der Waals surface area contributed by atoms with Gasteiger partial charge in [-0.25, -0.2) is 0 Å². The molecule has 0 unspecified atom stereocenters. The summed E-state index contributed by atoms with van der Waals surface area (Å²) in [6.07, 6.45) is 0.692. The van der Waals surface area contributed by atoms with Gasteiger partial charge in [0, 0.05) is 12.0 Å². The largest absolute Gasteiger partial charge is 0.491 e. The predicted octanol–water partition coefficient (Wildman–Crippen LogP) is 4.50. The van der Waals surface area contributed by atoms with Gasteiger partial charge >= 0.3 is 0 Å². The third-order valence-corrected chi connectivity index (χ3v) is 2.96. The minimum Gasteiger partial charge on any atom is -0.491 e. The maximum atomic E-state index is 11.9. The highest BCUT2D eigenvalue weighted by Gasteiger charge is 2.15. The lowest BCUT2D eigenvalue weighted by molar-refractivity contribution is 0.0987. The van der Waals surface area contributed by atoms with Gasteiger partial charge in [-0.15, -0.1) is 0 Å². The van der Waals surface area contributed by atoms with E-state index in [-0.39, 0.29) is 11.9 Å². The summed E-state index contributed by atoms with van der Waals surface area (Å²) in [6, 6.07) is 4.00. The Labute approximate surface area is 110 Å². The standard InChI is InChI=1S/C16H24O2/c1-7-15(17)14-9-13(10(2)3)16(8-12(14)6)18-11(4)5/h8-11H,7H2,1-6H3. The van der Waals surface area contributed by atoms with Gasteiger partial charge in [0.1, 0.15) is 5.75 Å². The number of ketones is 1. The molecule has 0 aliphatic rings. The Morgan fingerprint density at radius 2 is 1.83 bits per heavy atom. The van der Waals surface area contributed by atoms with E-state index in [4.69, 9.17) is 4.74 Å². The first-order chi connectivity index (χ1) is 8.36. The van der Waals surface area contributed by atoms with Gasteiger partial charge < -0.3 is 4.74 Å². The average Bonchev–Trinajstić information content (AvgIpc) is 2.27. The number of Topliss-reactive ketones (excluding diaryl/α,β-unsaturated/α-hetero) is 1. The molecule has 18 heavy (non-hydrogen) atoms. The zero-order valence-electron chi connectivity index (χ0n) is 12.3. The number of carbonyl (C=O) groups is 1. The van der Waals surface area contributed by atoms with Crippen LogP contribution in [0.2, 0.25) is 0 Å². The van der Waals surface area contributed by atoms with Crippen molar-refractivity contribution < 1.29 is 9.53 Å². The number of aryl methyl sites for hydroxylation is 1. The van der Waals surface area contributed by atoms with Crippen molar-refractivity contribution in [3.05, 3.63) is 28.8 Å². The van der Waals surface area contributed by atoms with Crippen molar-refractivity contribution in [1.29, 1.82) is 0 Å². The Morgan fingerprint density at radius 1 is 1.22 bits per heavy atom. The van der Waals surface area contributed by atoms with Gasteiger partial charge in [0.15, 0.2) is 5.78 Å². The fourth-order valence-corrected chi connectivity index (χ4v) is 2.00. The van der Waals surface area contributed by atoms with E-state index in [0.717, 1.165) is 22.4 Å². The quantitative estimate of drug-likeness (QED) is 0.717. The molecular weight excluding hydrogens is 224 g/mol. The average molecular weight is 248 g/mol. The molecule has 0 saturated heterocycles. The van der Waals surface area contributed by atoms with Crippen molar-refractivity contribution in [3.8, 4) is 5.75 Å². The second-order valence-electron chi connectivity index (χ2n) is 5.30. The minimum absolute atomic E-state index is 0.148. The fourth-order valence-electron chi connectivity index (χ4n) is 2.00. The van der Waals surface area contributed by atoms with Gasteiger partial charge in [0.05, 0.1) is 6.10 Å². The molecule has 1 rings (SSSR count). The topological polar surface area (TPSA) is 26.3 Å². The number of hydrogen-bond donors (Lipinski definition) is 0. The predicted molar refractivity (Wildman–Crippen MR) is 75.7 cm³/mol. The van der Waals surface area contributed by atoms with Crippen LogP contribution in [-0.4, -0.2) is 11.9 Å². The second-order valence-corrected chi connectivity index (χ2v) is 5.30. The lowest BCUT2D eigenvalue weighted by atomic mass is 9.94. The summed E-state index contributed by atoms with van der Waals surface area (Å²) in [7, 11) is 0. The van der Waals surface area contributed by atoms with Gasteiger partial charge in [0.25, 0.3) is 0 Å². The Balaban J connectivity index is 3.29. The molecule has 2 nitrogen and oxygen atoms in total. The van der Waals surface area contributed by atoms with Crippen molar-refractivity contribution in [2.45, 2.75) is 60.0 Å². The zero-order valence-corrected chi connectivity index (χ0v) is 12.3. The number of ether oxygens (including phenoxy) is 1. The van der Waals surface area contributed by atoms with Crippen LogP contribution in [0, 0.1) is 6.92 Å². The monoisotopic (exact) mass is 248 g/mol. The van der Waals surface area contributed by atoms with Crippen LogP contribution in [-0.2, 0) is 0 Å². The van der Waals surface area contributed by atoms with Crippen LogP contribution in [0.5, 0.6) is 5.75 Å². The molecule has 0 aliphatic heterocycles. The highest BCUT2D eigenvalue weighted by molar-refractivity contribution is 5.97. The van der Waals surface area contributed by atoms with Crippen molar-refractivity contribution in [2.75, 3.05) is 0 Å². The third-order valence-electron chi connectivity index (χ3n) is 2.96. The molecule has 0 amide bonds. The van der Waals surface area contributed by atoms with Crippen LogP contribution in [0.1, 0.15) is 68.4 Å². The second kappa shape index (κ2) is 6.03. The molecule has 0 radical (unpaired) electrons. The van der Waals surface area contributed by atoms with Crippen LogP contribution in [0.25, 0.3) is 0 Å². The Bertz CT molecular complexity index is 431. The Morgan fingerprint density at radius 3 is 2.28 bits per heavy atom. The molecule has 1 aromatic rings. The number of hydrogen-bond acceptors (Lipinski definition) is 2. The summed E-state index contributed by atoms with van der Waals surface area (Å²) in [6.45, 7) is 12.2. The van der Waals surface area contributed by atoms with Crippen LogP contribution in [0.4, 0.5) is 0 Å². The first kappa shape index (κ1) is 14.7. The molecule has 0 atom stereocenters. The maximum absolute atomic E-state index is 11.9. The summed E-state index contributed by atoms with van der Waals surface area (Å²) in [4.78, 5) is 11.9. The minimum atomic E-state index is 0.148. The van der Waals surface area contributed by atoms with Crippen molar-refractivity contribution in [2.24, 2.45) is 0 Å². The molecule has 0 N–H and O–H groups in total. The first-order valence-corrected chi connectivity index (χ1v) is 6.71. The Hall–Kier alpha value is -1.31. The molecule has 0 bridgehead atoms. The maximum Gasteiger partial charge on any atom is 0.162 e. The summed E-state index contributed by atoms with van der Waals surface area (Å²) in [5.74, 6) is 1.46. The van der Waals surface area contributed by atoms with E-state index in [2.05, 4.69) is 13.8 Å². The highest BCUT2D eigenvalue weighted by atomic mass is 16.5. The lowest BCUT2D eigenvalue weighted by Gasteiger charge is -2.19. The van der Waals surface area contributed by atoms with E-state index >= 15 is 0 Å². The molecule has 0 fully saturated rings. The van der Waals surface area contributed by atoms with Crippen molar-refractivity contribution >= 4 is 5.78 Å². The van der Waals surface area contributed by atoms with Gasteiger partial charge in [0.2, 0.25) is 0 Å². The van der Waals surface area contributed by atoms with E-state index < -0.39 is 0 Å². The molecule has 0 spiro atoms. The number of carbonyl (C=O) groups excluding carboxylic acids is 1. The zero-order chi connectivity index (χ0) is 13.9. The van der Waals surface area contributed by atoms with E-state index in [1.54, 1.807) is 0 Å². The van der Waals surface area contributed by atoms with E-state index in [0.29, 0.717) is 12.3 Å². The molecule has 0 heterocycles. The molecule has 0 aliphatic carbocycles. The first-order valence-electron chi connectivity index (χ1n) is 6.71. The number of benzene rings is 1. The van der Waals surface area contributed by atoms with E-state index in [9.17, 15) is 4.79 Å². The van der Waals surface area contributed by atoms with Gasteiger partial charge in [-0.2, -0.15) is 0 Å². The van der Waals surface area contributed by atoms with Crippen LogP contribution >= 0.6 is 0 Å². The molecule has 0 aromatic heterocycles. The van der Waals surface area contributed by atoms with Crippen LogP contribution < -0.4 is 4.74 Å². The molecule has 2 heteroatoms. The Kier molecular flexibility index (Phi) is 4.94. The molecular formula is C16H24O2. The van der Waals surface area contributed by atoms with Crippen LogP contribution in [0.15, 0.2) is 12.1 Å². The smallest absolute Gasteiger partial charge is 0.162 e. The van der Waals surface area contributed by atoms with Crippen molar-refractivity contribution in [3.63, 3.8) is 0 Å². The summed E-state index contributed by atoms with van der Waals surface area (Å²) in [5.41, 5.74) is 2.95. The van der Waals surface area contributed by atoms with E-state index in [1.165, 1.54) is 0 Å². The lowest BCUT2D eigenvalue weighted by Crippen LogP contribution is -2.10. The van der Waals surface area contributed by atoms with Gasteiger partial charge in [-0.1, -0.05) is 20.8 Å². The fraction of sp³-hybridized carbons (Fsp3) is 0.562. The third kappa shape index (κ3) is 3.34. The summed E-state index contributed by atoms with van der Waals surface area (Å²) in [5, 5.41) is 0. The van der Waals surface area contributed by atoms with Gasteiger partial charge in [-0.3, -0.25) is 4.79 Å².